The van der Waals surface area contributed by atoms with Crippen LogP contribution in [-0.2, 0) is 19.7 Å². The second kappa shape index (κ2) is 6.08. The fourth-order valence-corrected chi connectivity index (χ4v) is 2.67. The lowest BCUT2D eigenvalue weighted by Crippen LogP contribution is -2.45. The van der Waals surface area contributed by atoms with Crippen molar-refractivity contribution in [2.24, 2.45) is 5.41 Å². The first kappa shape index (κ1) is 16.5. The van der Waals surface area contributed by atoms with Gasteiger partial charge in [0, 0.05) is 12.8 Å². The minimum Gasteiger partial charge on any atom is -0.481 e. The lowest BCUT2D eigenvalue weighted by atomic mass is 9.68. The molecule has 0 unspecified atom stereocenters. The number of carbonyl (C=O) groups is 2. The van der Waals surface area contributed by atoms with Gasteiger partial charge in [-0.2, -0.15) is 0 Å². The van der Waals surface area contributed by atoms with Crippen molar-refractivity contribution in [3.63, 3.8) is 0 Å². The van der Waals surface area contributed by atoms with Crippen LogP contribution in [0.15, 0.2) is 24.3 Å². The number of hydrogen-bond acceptors (Lipinski definition) is 3. The molecule has 120 valence electrons. The van der Waals surface area contributed by atoms with Crippen molar-refractivity contribution >= 4 is 17.6 Å². The summed E-state index contributed by atoms with van der Waals surface area (Å²) in [5.74, 6) is -0.899. The number of aliphatic carboxylic acids is 1. The number of nitrogens with one attached hydrogen (secondary N) is 1. The summed E-state index contributed by atoms with van der Waals surface area (Å²) in [7, 11) is 1.61. The summed E-state index contributed by atoms with van der Waals surface area (Å²) >= 11 is 0. The van der Waals surface area contributed by atoms with Gasteiger partial charge in [-0.25, -0.2) is 0 Å². The Kier molecular flexibility index (Phi) is 4.56. The highest BCUT2D eigenvalue weighted by atomic mass is 16.5. The Bertz CT molecular complexity index is 559. The zero-order valence-electron chi connectivity index (χ0n) is 13.3. The van der Waals surface area contributed by atoms with Gasteiger partial charge in [-0.1, -0.05) is 18.6 Å². The quantitative estimate of drug-likeness (QED) is 0.847. The van der Waals surface area contributed by atoms with E-state index >= 15 is 0 Å². The topological polar surface area (TPSA) is 75.6 Å². The fourth-order valence-electron chi connectivity index (χ4n) is 2.67. The number of methoxy groups -OCH3 is 1. The van der Waals surface area contributed by atoms with Gasteiger partial charge in [-0.15, -0.1) is 0 Å². The van der Waals surface area contributed by atoms with Gasteiger partial charge in [0.25, 0.3) is 0 Å². The Balaban J connectivity index is 2.08. The smallest absolute Gasteiger partial charge is 0.313 e. The summed E-state index contributed by atoms with van der Waals surface area (Å²) in [4.78, 5) is 23.7. The number of carbonyl (C=O) groups excluding carboxylic acids is 1. The van der Waals surface area contributed by atoms with Gasteiger partial charge in [0.1, 0.15) is 0 Å². The van der Waals surface area contributed by atoms with Crippen LogP contribution in [0.25, 0.3) is 0 Å². The van der Waals surface area contributed by atoms with E-state index in [0.29, 0.717) is 17.9 Å². The van der Waals surface area contributed by atoms with E-state index < -0.39 is 16.8 Å². The van der Waals surface area contributed by atoms with E-state index in [1.54, 1.807) is 45.2 Å². The molecule has 22 heavy (non-hydrogen) atoms. The number of amides is 1. The van der Waals surface area contributed by atoms with E-state index in [2.05, 4.69) is 5.32 Å². The molecule has 1 fully saturated rings. The Morgan fingerprint density at radius 3 is 2.27 bits per heavy atom. The minimum atomic E-state index is -0.951. The molecule has 2 N–H and O–H groups in total. The second-order valence-electron chi connectivity index (χ2n) is 6.53. The van der Waals surface area contributed by atoms with Crippen LogP contribution < -0.4 is 5.32 Å². The molecule has 1 aromatic carbocycles. The van der Waals surface area contributed by atoms with Gasteiger partial charge in [-0.3, -0.25) is 9.59 Å². The molecule has 0 spiro atoms. The summed E-state index contributed by atoms with van der Waals surface area (Å²) in [5, 5.41) is 12.1. The third-order valence-corrected chi connectivity index (χ3v) is 4.61. The molecule has 1 aliphatic carbocycles. The summed E-state index contributed by atoms with van der Waals surface area (Å²) in [5.41, 5.74) is 0.0206. The molecule has 1 amide bonds. The molecule has 5 nitrogen and oxygen atoms in total. The molecular weight excluding hydrogens is 282 g/mol. The van der Waals surface area contributed by atoms with Crippen molar-refractivity contribution in [2.45, 2.75) is 38.5 Å². The molecule has 2 rings (SSSR count). The Labute approximate surface area is 130 Å². The van der Waals surface area contributed by atoms with Crippen molar-refractivity contribution in [1.82, 2.24) is 0 Å². The van der Waals surface area contributed by atoms with E-state index in [1.165, 1.54) is 0 Å². The van der Waals surface area contributed by atoms with Gasteiger partial charge >= 0.3 is 5.97 Å². The molecule has 0 bridgehead atoms. The first-order valence-electron chi connectivity index (χ1n) is 7.46. The van der Waals surface area contributed by atoms with Crippen LogP contribution in [0.5, 0.6) is 0 Å². The summed E-state index contributed by atoms with van der Waals surface area (Å²) in [6.45, 7) is 3.75. The molecule has 0 radical (unpaired) electrons. The highest BCUT2D eigenvalue weighted by Crippen LogP contribution is 2.42. The van der Waals surface area contributed by atoms with E-state index in [4.69, 9.17) is 4.74 Å². The Morgan fingerprint density at radius 2 is 1.86 bits per heavy atom. The molecule has 1 saturated carbocycles. The Hall–Kier alpha value is -1.88. The molecule has 0 aromatic heterocycles. The zero-order chi connectivity index (χ0) is 16.4. The zero-order valence-corrected chi connectivity index (χ0v) is 13.3. The van der Waals surface area contributed by atoms with E-state index in [0.717, 1.165) is 19.3 Å². The Morgan fingerprint density at radius 1 is 1.27 bits per heavy atom. The second-order valence-corrected chi connectivity index (χ2v) is 6.53. The molecule has 0 aliphatic heterocycles. The van der Waals surface area contributed by atoms with Gasteiger partial charge in [0.15, 0.2) is 0 Å². The third kappa shape index (κ3) is 2.99. The molecule has 0 heterocycles. The van der Waals surface area contributed by atoms with Crippen LogP contribution in [0, 0.1) is 5.41 Å². The molecule has 1 aliphatic rings. The fraction of sp³-hybridized carbons (Fsp3) is 0.529. The first-order chi connectivity index (χ1) is 10.3. The van der Waals surface area contributed by atoms with Crippen molar-refractivity contribution < 1.29 is 19.4 Å². The average Bonchev–Trinajstić information content (AvgIpc) is 2.43. The lowest BCUT2D eigenvalue weighted by Gasteiger charge is -2.39. The highest BCUT2D eigenvalue weighted by molar-refractivity contribution is 5.96. The number of rotatable bonds is 6. The predicted molar refractivity (Wildman–Crippen MR) is 83.9 cm³/mol. The summed E-state index contributed by atoms with van der Waals surface area (Å²) in [6.07, 6.45) is 2.73. The third-order valence-electron chi connectivity index (χ3n) is 4.61. The number of hydrogen-bond donors (Lipinski definition) is 2. The number of carboxylic acids is 1. The van der Waals surface area contributed by atoms with Gasteiger partial charge in [0.05, 0.1) is 17.4 Å². The number of benzene rings is 1. The standard InChI is InChI=1S/C17H23NO4/c1-16(2,15(20)21)12-5-7-13(8-6-12)18-14(19)17(11-22-3)9-4-10-17/h5-8H,4,9-11H2,1-3H3,(H,18,19)(H,20,21). The van der Waals surface area contributed by atoms with E-state index in [1.807, 2.05) is 0 Å². The maximum atomic E-state index is 12.4. The number of anilines is 1. The molecule has 0 atom stereocenters. The average molecular weight is 305 g/mol. The van der Waals surface area contributed by atoms with Gasteiger partial charge in [0.2, 0.25) is 5.91 Å². The van der Waals surface area contributed by atoms with E-state index in [9.17, 15) is 14.7 Å². The van der Waals surface area contributed by atoms with Crippen molar-refractivity contribution in [1.29, 1.82) is 0 Å². The molecule has 0 saturated heterocycles. The first-order valence-corrected chi connectivity index (χ1v) is 7.46. The normalized spacial score (nSPS) is 16.7. The van der Waals surface area contributed by atoms with E-state index in [-0.39, 0.29) is 5.91 Å². The maximum Gasteiger partial charge on any atom is 0.313 e. The summed E-state index contributed by atoms with van der Waals surface area (Å²) in [6, 6.07) is 6.98. The largest absolute Gasteiger partial charge is 0.481 e. The van der Waals surface area contributed by atoms with Gasteiger partial charge in [-0.05, 0) is 44.4 Å². The lowest BCUT2D eigenvalue weighted by molar-refractivity contribution is -0.142. The maximum absolute atomic E-state index is 12.4. The minimum absolute atomic E-state index is 0.0224. The monoisotopic (exact) mass is 305 g/mol. The van der Waals surface area contributed by atoms with Gasteiger partial charge < -0.3 is 15.2 Å². The van der Waals surface area contributed by atoms with Crippen LogP contribution in [-0.4, -0.2) is 30.7 Å². The van der Waals surface area contributed by atoms with Crippen molar-refractivity contribution in [3.05, 3.63) is 29.8 Å². The number of carboxylic acid groups (broad SMARTS) is 1. The molecular formula is C17H23NO4. The van der Waals surface area contributed by atoms with Crippen LogP contribution in [0.3, 0.4) is 0 Å². The SMILES string of the molecule is COCC1(C(=O)Nc2ccc(C(C)(C)C(=O)O)cc2)CCC1. The summed E-state index contributed by atoms with van der Waals surface area (Å²) < 4.78 is 5.17. The van der Waals surface area contributed by atoms with Crippen LogP contribution in [0.1, 0.15) is 38.7 Å². The molecule has 1 aromatic rings. The van der Waals surface area contributed by atoms with Crippen LogP contribution in [0.4, 0.5) is 5.69 Å². The van der Waals surface area contributed by atoms with Crippen molar-refractivity contribution in [2.75, 3.05) is 19.0 Å². The molecule has 5 heteroatoms. The predicted octanol–water partition coefficient (Wildman–Crippen LogP) is 2.80. The van der Waals surface area contributed by atoms with Crippen molar-refractivity contribution in [3.8, 4) is 0 Å². The highest BCUT2D eigenvalue weighted by Gasteiger charge is 2.44. The van der Waals surface area contributed by atoms with Crippen LogP contribution >= 0.6 is 0 Å². The van der Waals surface area contributed by atoms with Crippen LogP contribution in [0.2, 0.25) is 0 Å². The number of ether oxygens (including phenoxy) is 1.